The molecule has 5 heteroatoms. The highest BCUT2D eigenvalue weighted by Crippen LogP contribution is 2.49. The van der Waals surface area contributed by atoms with Crippen molar-refractivity contribution in [3.63, 3.8) is 0 Å². The minimum absolute atomic E-state index is 0.204. The topological polar surface area (TPSA) is 73.1 Å². The summed E-state index contributed by atoms with van der Waals surface area (Å²) in [6, 6.07) is 0.515. The van der Waals surface area contributed by atoms with Crippen molar-refractivity contribution in [2.75, 3.05) is 12.3 Å². The van der Waals surface area contributed by atoms with Crippen molar-refractivity contribution in [2.24, 2.45) is 0 Å². The second kappa shape index (κ2) is 5.37. The molecule has 5 nitrogen and oxygen atoms in total. The molecule has 3 N–H and O–H groups in total. The summed E-state index contributed by atoms with van der Waals surface area (Å²) in [5.74, 6) is 1.13. The second-order valence-corrected chi connectivity index (χ2v) is 7.34. The standard InChI is InChI=1S/C17H26N4O/c1-11-9-12(10-19-11)22-15-13-5-4-8-17(6-2-3-7-17)14(13)20-16(18)21-15/h11-12,19H,2-10H2,1H3,(H2,18,20,21)/t11-,12+/m1/s1. The van der Waals surface area contributed by atoms with Crippen LogP contribution in [0.4, 0.5) is 5.95 Å². The third-order valence-electron chi connectivity index (χ3n) is 5.72. The lowest BCUT2D eigenvalue weighted by molar-refractivity contribution is 0.205. The summed E-state index contributed by atoms with van der Waals surface area (Å²) in [4.78, 5) is 9.12. The fraction of sp³-hybridized carbons (Fsp3) is 0.765. The van der Waals surface area contributed by atoms with Crippen LogP contribution in [0.3, 0.4) is 0 Å². The van der Waals surface area contributed by atoms with Crippen LogP contribution in [-0.4, -0.2) is 28.7 Å². The molecule has 0 aromatic carbocycles. The summed E-state index contributed by atoms with van der Waals surface area (Å²) in [5, 5.41) is 3.43. The Hall–Kier alpha value is -1.36. The Morgan fingerprint density at radius 1 is 1.18 bits per heavy atom. The van der Waals surface area contributed by atoms with Crippen LogP contribution in [0.5, 0.6) is 5.88 Å². The molecule has 1 aromatic heterocycles. The molecule has 1 aliphatic heterocycles. The van der Waals surface area contributed by atoms with E-state index in [2.05, 4.69) is 22.2 Å². The summed E-state index contributed by atoms with van der Waals surface area (Å²) in [7, 11) is 0. The summed E-state index contributed by atoms with van der Waals surface area (Å²) in [6.07, 6.45) is 9.85. The van der Waals surface area contributed by atoms with Crippen LogP contribution in [0, 0.1) is 0 Å². The van der Waals surface area contributed by atoms with Crippen LogP contribution in [0.1, 0.15) is 63.1 Å². The Balaban J connectivity index is 1.69. The van der Waals surface area contributed by atoms with Gasteiger partial charge in [0.25, 0.3) is 0 Å². The van der Waals surface area contributed by atoms with Crippen molar-refractivity contribution < 1.29 is 4.74 Å². The first kappa shape index (κ1) is 14.2. The van der Waals surface area contributed by atoms with Crippen LogP contribution >= 0.6 is 0 Å². The SMILES string of the molecule is C[C@@H]1C[C@H](Oc2nc(N)nc3c2CCCC32CCCC2)CN1. The smallest absolute Gasteiger partial charge is 0.223 e. The number of nitrogen functional groups attached to an aromatic ring is 1. The molecule has 120 valence electrons. The van der Waals surface area contributed by atoms with Gasteiger partial charge >= 0.3 is 0 Å². The molecule has 1 saturated carbocycles. The fourth-order valence-electron chi connectivity index (χ4n) is 4.64. The molecule has 3 aliphatic rings. The first-order valence-electron chi connectivity index (χ1n) is 8.73. The molecule has 2 aliphatic carbocycles. The van der Waals surface area contributed by atoms with Crippen molar-refractivity contribution in [2.45, 2.75) is 75.9 Å². The number of nitrogens with zero attached hydrogens (tertiary/aromatic N) is 2. The molecule has 1 spiro atoms. The van der Waals surface area contributed by atoms with Crippen LogP contribution in [0.25, 0.3) is 0 Å². The van der Waals surface area contributed by atoms with E-state index >= 15 is 0 Å². The van der Waals surface area contributed by atoms with Crippen LogP contribution in [0.2, 0.25) is 0 Å². The molecule has 2 heterocycles. The van der Waals surface area contributed by atoms with E-state index in [0.29, 0.717) is 12.0 Å². The van der Waals surface area contributed by atoms with Crippen molar-refractivity contribution in [1.82, 2.24) is 15.3 Å². The van der Waals surface area contributed by atoms with Gasteiger partial charge in [0.15, 0.2) is 0 Å². The van der Waals surface area contributed by atoms with E-state index in [4.69, 9.17) is 10.5 Å². The number of hydrogen-bond donors (Lipinski definition) is 2. The molecule has 22 heavy (non-hydrogen) atoms. The quantitative estimate of drug-likeness (QED) is 0.877. The largest absolute Gasteiger partial charge is 0.473 e. The molecule has 2 atom stereocenters. The van der Waals surface area contributed by atoms with E-state index < -0.39 is 0 Å². The lowest BCUT2D eigenvalue weighted by atomic mass is 9.72. The number of anilines is 1. The normalized spacial score (nSPS) is 29.7. The molecule has 0 amide bonds. The first-order valence-corrected chi connectivity index (χ1v) is 8.73. The summed E-state index contributed by atoms with van der Waals surface area (Å²) in [5.41, 5.74) is 8.72. The third-order valence-corrected chi connectivity index (χ3v) is 5.72. The summed E-state index contributed by atoms with van der Waals surface area (Å²) in [6.45, 7) is 3.09. The van der Waals surface area contributed by atoms with Crippen LogP contribution < -0.4 is 15.8 Å². The Bertz CT molecular complexity index is 568. The van der Waals surface area contributed by atoms with Crippen molar-refractivity contribution >= 4 is 5.95 Å². The van der Waals surface area contributed by atoms with Gasteiger partial charge in [-0.2, -0.15) is 4.98 Å². The maximum absolute atomic E-state index is 6.23. The Labute approximate surface area is 132 Å². The van der Waals surface area contributed by atoms with E-state index in [1.165, 1.54) is 49.8 Å². The van der Waals surface area contributed by atoms with Crippen molar-refractivity contribution in [3.8, 4) is 5.88 Å². The van der Waals surface area contributed by atoms with Gasteiger partial charge in [0.2, 0.25) is 11.8 Å². The third kappa shape index (κ3) is 2.35. The van der Waals surface area contributed by atoms with Gasteiger partial charge in [0, 0.05) is 30.0 Å². The number of hydrogen-bond acceptors (Lipinski definition) is 5. The predicted molar refractivity (Wildman–Crippen MR) is 86.0 cm³/mol. The summed E-state index contributed by atoms with van der Waals surface area (Å²) >= 11 is 0. The van der Waals surface area contributed by atoms with E-state index in [0.717, 1.165) is 25.3 Å². The number of nitrogens with two attached hydrogens (primary N) is 1. The lowest BCUT2D eigenvalue weighted by Crippen LogP contribution is -2.31. The molecule has 0 radical (unpaired) electrons. The highest BCUT2D eigenvalue weighted by atomic mass is 16.5. The fourth-order valence-corrected chi connectivity index (χ4v) is 4.64. The number of fused-ring (bicyclic) bond motifs is 2. The van der Waals surface area contributed by atoms with Gasteiger partial charge in [-0.05, 0) is 39.0 Å². The number of ether oxygens (including phenoxy) is 1. The zero-order valence-corrected chi connectivity index (χ0v) is 13.4. The average molecular weight is 302 g/mol. The van der Waals surface area contributed by atoms with Gasteiger partial charge < -0.3 is 15.8 Å². The predicted octanol–water partition coefficient (Wildman–Crippen LogP) is 2.34. The number of nitrogens with one attached hydrogen (secondary N) is 1. The van der Waals surface area contributed by atoms with E-state index in [1.807, 2.05) is 0 Å². The maximum Gasteiger partial charge on any atom is 0.223 e. The molecular formula is C17H26N4O. The molecule has 1 aromatic rings. The lowest BCUT2D eigenvalue weighted by Gasteiger charge is -2.35. The minimum atomic E-state index is 0.204. The maximum atomic E-state index is 6.23. The minimum Gasteiger partial charge on any atom is -0.473 e. The van der Waals surface area contributed by atoms with Crippen LogP contribution in [0.15, 0.2) is 0 Å². The van der Waals surface area contributed by atoms with Gasteiger partial charge in [-0.1, -0.05) is 12.8 Å². The van der Waals surface area contributed by atoms with E-state index in [9.17, 15) is 0 Å². The average Bonchev–Trinajstić information content (AvgIpc) is 3.11. The zero-order chi connectivity index (χ0) is 15.2. The highest BCUT2D eigenvalue weighted by molar-refractivity contribution is 5.42. The van der Waals surface area contributed by atoms with Gasteiger partial charge in [-0.25, -0.2) is 4.98 Å². The molecular weight excluding hydrogens is 276 g/mol. The van der Waals surface area contributed by atoms with E-state index in [1.54, 1.807) is 0 Å². The Kier molecular flexibility index (Phi) is 3.48. The zero-order valence-electron chi connectivity index (χ0n) is 13.4. The van der Waals surface area contributed by atoms with Gasteiger partial charge in [0.05, 0.1) is 5.69 Å². The molecule has 0 unspecified atom stereocenters. The number of aromatic nitrogens is 2. The Morgan fingerprint density at radius 3 is 2.68 bits per heavy atom. The van der Waals surface area contributed by atoms with Gasteiger partial charge in [-0.3, -0.25) is 0 Å². The summed E-state index contributed by atoms with van der Waals surface area (Å²) < 4.78 is 6.23. The van der Waals surface area contributed by atoms with Crippen LogP contribution in [-0.2, 0) is 11.8 Å². The molecule has 4 rings (SSSR count). The van der Waals surface area contributed by atoms with E-state index in [-0.39, 0.29) is 11.5 Å². The van der Waals surface area contributed by atoms with Crippen molar-refractivity contribution in [3.05, 3.63) is 11.3 Å². The van der Waals surface area contributed by atoms with Gasteiger partial charge in [-0.15, -0.1) is 0 Å². The molecule has 1 saturated heterocycles. The molecule has 0 bridgehead atoms. The monoisotopic (exact) mass is 302 g/mol. The van der Waals surface area contributed by atoms with Gasteiger partial charge in [0.1, 0.15) is 6.10 Å². The number of rotatable bonds is 2. The first-order chi connectivity index (χ1) is 10.7. The second-order valence-electron chi connectivity index (χ2n) is 7.34. The van der Waals surface area contributed by atoms with Crippen molar-refractivity contribution in [1.29, 1.82) is 0 Å². The Morgan fingerprint density at radius 2 is 1.95 bits per heavy atom. The molecule has 2 fully saturated rings. The highest BCUT2D eigenvalue weighted by Gasteiger charge is 2.42.